The lowest BCUT2D eigenvalue weighted by atomic mass is 10.0. The molecule has 6 nitrogen and oxygen atoms in total. The number of quaternary nitrogens is 2. The van der Waals surface area contributed by atoms with Gasteiger partial charge in [-0.25, -0.2) is 4.68 Å². The molecule has 0 aliphatic carbocycles. The van der Waals surface area contributed by atoms with E-state index in [1.165, 1.54) is 31.7 Å². The first-order chi connectivity index (χ1) is 11.6. The van der Waals surface area contributed by atoms with Gasteiger partial charge in [0, 0.05) is 12.5 Å². The molecule has 24 heavy (non-hydrogen) atoms. The molecule has 3 rings (SSSR count). The number of hydrogen-bond acceptors (Lipinski definition) is 3. The molecule has 1 fully saturated rings. The van der Waals surface area contributed by atoms with Crippen molar-refractivity contribution in [3.8, 4) is 0 Å². The Morgan fingerprint density at radius 3 is 2.46 bits per heavy atom. The molecule has 0 bridgehead atoms. The fourth-order valence-electron chi connectivity index (χ4n) is 3.73. The van der Waals surface area contributed by atoms with Crippen molar-refractivity contribution >= 4 is 0 Å². The van der Waals surface area contributed by atoms with Crippen LogP contribution in [-0.4, -0.2) is 53.4 Å². The van der Waals surface area contributed by atoms with Crippen LogP contribution in [0.25, 0.3) is 0 Å². The number of likely N-dealkylation sites (N-methyl/N-ethyl adjacent to an activating group) is 1. The average molecular weight is 330 g/mol. The van der Waals surface area contributed by atoms with Crippen LogP contribution in [-0.2, 0) is 13.0 Å². The first kappa shape index (κ1) is 17.0. The number of piperazine rings is 1. The van der Waals surface area contributed by atoms with Crippen molar-refractivity contribution in [2.24, 2.45) is 5.92 Å². The van der Waals surface area contributed by atoms with Gasteiger partial charge in [0.1, 0.15) is 26.2 Å². The summed E-state index contributed by atoms with van der Waals surface area (Å²) in [5, 5.41) is 12.7. The van der Waals surface area contributed by atoms with Crippen molar-refractivity contribution < 1.29 is 9.80 Å². The lowest BCUT2D eigenvalue weighted by Gasteiger charge is -2.34. The number of aromatic nitrogens is 4. The molecular formula is C18H30N6+2. The van der Waals surface area contributed by atoms with E-state index in [9.17, 15) is 0 Å². The number of hydrogen-bond donors (Lipinski definition) is 2. The van der Waals surface area contributed by atoms with Gasteiger partial charge in [0.25, 0.3) is 0 Å². The first-order valence-corrected chi connectivity index (χ1v) is 9.11. The molecule has 6 heteroatoms. The summed E-state index contributed by atoms with van der Waals surface area (Å²) in [6.07, 6.45) is 0.964. The molecule has 2 aromatic rings. The summed E-state index contributed by atoms with van der Waals surface area (Å²) in [4.78, 5) is 3.26. The summed E-state index contributed by atoms with van der Waals surface area (Å²) >= 11 is 0. The van der Waals surface area contributed by atoms with E-state index in [1.807, 2.05) is 4.68 Å². The molecule has 1 saturated heterocycles. The third-order valence-electron chi connectivity index (χ3n) is 5.15. The normalized spacial score (nSPS) is 22.7. The second-order valence-corrected chi connectivity index (χ2v) is 7.33. The number of nitrogens with one attached hydrogen (secondary N) is 2. The Morgan fingerprint density at radius 1 is 1.08 bits per heavy atom. The van der Waals surface area contributed by atoms with Crippen LogP contribution in [0.4, 0.5) is 0 Å². The summed E-state index contributed by atoms with van der Waals surface area (Å²) in [6, 6.07) is 10.9. The molecule has 0 amide bonds. The Balaban J connectivity index is 1.73. The van der Waals surface area contributed by atoms with Crippen molar-refractivity contribution in [3.05, 3.63) is 41.7 Å². The fourth-order valence-corrected chi connectivity index (χ4v) is 3.73. The standard InChI is InChI=1S/C18H28N6/c1-15(2)17(23-13-11-22(3)12-14-23)18-19-20-21-24(18)10-9-16-7-5-4-6-8-16/h4-8,15,17H,9-14H2,1-3H3/p+2/t17-/m0/s1. The van der Waals surface area contributed by atoms with Crippen LogP contribution in [0.1, 0.15) is 31.3 Å². The molecule has 0 radical (unpaired) electrons. The molecule has 130 valence electrons. The molecule has 1 atom stereocenters. The van der Waals surface area contributed by atoms with E-state index < -0.39 is 0 Å². The van der Waals surface area contributed by atoms with Crippen LogP contribution in [0.5, 0.6) is 0 Å². The molecule has 1 aromatic heterocycles. The van der Waals surface area contributed by atoms with Gasteiger partial charge in [0.15, 0.2) is 6.04 Å². The zero-order chi connectivity index (χ0) is 16.9. The maximum atomic E-state index is 4.42. The van der Waals surface area contributed by atoms with Gasteiger partial charge in [0.2, 0.25) is 5.82 Å². The Labute approximate surface area is 144 Å². The van der Waals surface area contributed by atoms with Crippen molar-refractivity contribution in [2.75, 3.05) is 33.2 Å². The van der Waals surface area contributed by atoms with E-state index in [2.05, 4.69) is 66.8 Å². The highest BCUT2D eigenvalue weighted by Gasteiger charge is 2.35. The number of benzene rings is 1. The smallest absolute Gasteiger partial charge is 0.209 e. The molecule has 2 N–H and O–H groups in total. The van der Waals surface area contributed by atoms with Gasteiger partial charge in [-0.2, -0.15) is 0 Å². The highest BCUT2D eigenvalue weighted by molar-refractivity contribution is 5.14. The highest BCUT2D eigenvalue weighted by Crippen LogP contribution is 2.16. The lowest BCUT2D eigenvalue weighted by molar-refractivity contribution is -1.02. The van der Waals surface area contributed by atoms with E-state index >= 15 is 0 Å². The number of aryl methyl sites for hydroxylation is 2. The van der Waals surface area contributed by atoms with E-state index in [4.69, 9.17) is 0 Å². The van der Waals surface area contributed by atoms with Crippen LogP contribution in [0, 0.1) is 5.92 Å². The van der Waals surface area contributed by atoms with Crippen molar-refractivity contribution in [1.29, 1.82) is 0 Å². The van der Waals surface area contributed by atoms with Crippen LogP contribution in [0.3, 0.4) is 0 Å². The van der Waals surface area contributed by atoms with E-state index in [0.717, 1.165) is 18.8 Å². The Morgan fingerprint density at radius 2 is 1.79 bits per heavy atom. The van der Waals surface area contributed by atoms with Gasteiger partial charge in [-0.1, -0.05) is 44.2 Å². The summed E-state index contributed by atoms with van der Waals surface area (Å²) in [5.74, 6) is 1.58. The second kappa shape index (κ2) is 7.85. The quantitative estimate of drug-likeness (QED) is 0.716. The topological polar surface area (TPSA) is 52.5 Å². The SMILES string of the molecule is CC(C)[C@@H](c1nnnn1CCc1ccccc1)[NH+]1CC[NH+](C)CC1. The Bertz CT molecular complexity index is 615. The summed E-state index contributed by atoms with van der Waals surface area (Å²) < 4.78 is 2.02. The molecule has 2 heterocycles. The van der Waals surface area contributed by atoms with Gasteiger partial charge >= 0.3 is 0 Å². The van der Waals surface area contributed by atoms with Crippen molar-refractivity contribution in [1.82, 2.24) is 20.2 Å². The predicted octanol–water partition coefficient (Wildman–Crippen LogP) is -0.974. The van der Waals surface area contributed by atoms with E-state index in [1.54, 1.807) is 9.80 Å². The van der Waals surface area contributed by atoms with Crippen LogP contribution >= 0.6 is 0 Å². The minimum Gasteiger partial charge on any atom is -0.328 e. The fraction of sp³-hybridized carbons (Fsp3) is 0.611. The zero-order valence-electron chi connectivity index (χ0n) is 15.1. The molecule has 0 spiro atoms. The average Bonchev–Trinajstić information content (AvgIpc) is 3.04. The summed E-state index contributed by atoms with van der Waals surface area (Å²) in [5.41, 5.74) is 1.33. The third kappa shape index (κ3) is 3.99. The molecule has 1 aliphatic heterocycles. The number of nitrogens with zero attached hydrogens (tertiary/aromatic N) is 4. The number of tetrazole rings is 1. The van der Waals surface area contributed by atoms with E-state index in [0.29, 0.717) is 12.0 Å². The van der Waals surface area contributed by atoms with E-state index in [-0.39, 0.29) is 0 Å². The first-order valence-electron chi connectivity index (χ1n) is 9.11. The van der Waals surface area contributed by atoms with Crippen LogP contribution in [0.15, 0.2) is 30.3 Å². The van der Waals surface area contributed by atoms with Gasteiger partial charge < -0.3 is 9.80 Å². The van der Waals surface area contributed by atoms with Crippen LogP contribution < -0.4 is 9.80 Å². The lowest BCUT2D eigenvalue weighted by Crippen LogP contribution is -3.27. The minimum absolute atomic E-state index is 0.379. The number of rotatable bonds is 6. The Hall–Kier alpha value is -1.79. The molecule has 0 saturated carbocycles. The third-order valence-corrected chi connectivity index (χ3v) is 5.15. The second-order valence-electron chi connectivity index (χ2n) is 7.33. The summed E-state index contributed by atoms with van der Waals surface area (Å²) in [7, 11) is 2.28. The van der Waals surface area contributed by atoms with Gasteiger partial charge in [-0.3, -0.25) is 0 Å². The van der Waals surface area contributed by atoms with Gasteiger partial charge in [0.05, 0.1) is 7.05 Å². The monoisotopic (exact) mass is 330 g/mol. The van der Waals surface area contributed by atoms with Gasteiger partial charge in [-0.05, 0) is 22.4 Å². The molecule has 0 unspecified atom stereocenters. The zero-order valence-corrected chi connectivity index (χ0v) is 15.1. The maximum absolute atomic E-state index is 4.42. The molecule has 1 aromatic carbocycles. The summed E-state index contributed by atoms with van der Waals surface area (Å²) in [6.45, 7) is 10.3. The predicted molar refractivity (Wildman–Crippen MR) is 92.9 cm³/mol. The van der Waals surface area contributed by atoms with Crippen molar-refractivity contribution in [3.63, 3.8) is 0 Å². The highest BCUT2D eigenvalue weighted by atomic mass is 15.6. The van der Waals surface area contributed by atoms with Crippen molar-refractivity contribution in [2.45, 2.75) is 32.9 Å². The molecular weight excluding hydrogens is 300 g/mol. The largest absolute Gasteiger partial charge is 0.328 e. The van der Waals surface area contributed by atoms with Gasteiger partial charge in [-0.15, -0.1) is 5.10 Å². The maximum Gasteiger partial charge on any atom is 0.209 e. The molecule has 1 aliphatic rings. The minimum atomic E-state index is 0.379. The Kier molecular flexibility index (Phi) is 5.58. The van der Waals surface area contributed by atoms with Crippen LogP contribution in [0.2, 0.25) is 0 Å².